The van der Waals surface area contributed by atoms with Crippen molar-refractivity contribution < 1.29 is 14.4 Å². The summed E-state index contributed by atoms with van der Waals surface area (Å²) in [6.07, 6.45) is 0.149. The molecule has 0 spiro atoms. The number of aryl methyl sites for hydroxylation is 1. The second kappa shape index (κ2) is 8.85. The second-order valence-electron chi connectivity index (χ2n) is 7.53. The summed E-state index contributed by atoms with van der Waals surface area (Å²) in [5.41, 5.74) is 7.67. The molecule has 2 amide bonds. The molecule has 0 unspecified atom stereocenters. The van der Waals surface area contributed by atoms with Crippen LogP contribution in [0.3, 0.4) is 0 Å². The molecule has 0 saturated heterocycles. The number of carbonyl (C=O) groups is 3. The molecule has 3 aromatic carbocycles. The number of benzene rings is 3. The van der Waals surface area contributed by atoms with Gasteiger partial charge >= 0.3 is 0 Å². The van der Waals surface area contributed by atoms with E-state index >= 15 is 0 Å². The Morgan fingerprint density at radius 3 is 2.41 bits per heavy atom. The molecule has 0 aliphatic heterocycles. The third kappa shape index (κ3) is 4.27. The van der Waals surface area contributed by atoms with Crippen molar-refractivity contribution in [3.63, 3.8) is 0 Å². The third-order valence-corrected chi connectivity index (χ3v) is 5.21. The SMILES string of the molecule is Cc1cc(C(=O)N[C@@H](Cc2ccccc2)C(=O)C(N)=O)n(-c2cccc3ccccc23)n1. The van der Waals surface area contributed by atoms with Crippen LogP contribution in [-0.4, -0.2) is 33.4 Å². The highest BCUT2D eigenvalue weighted by Gasteiger charge is 2.27. The van der Waals surface area contributed by atoms with Gasteiger partial charge in [-0.2, -0.15) is 5.10 Å². The van der Waals surface area contributed by atoms with E-state index in [0.29, 0.717) is 5.69 Å². The molecule has 160 valence electrons. The van der Waals surface area contributed by atoms with Crippen LogP contribution in [0.25, 0.3) is 16.5 Å². The average Bonchev–Trinajstić information content (AvgIpc) is 3.20. The minimum atomic E-state index is -1.09. The van der Waals surface area contributed by atoms with Gasteiger partial charge in [0.15, 0.2) is 0 Å². The zero-order valence-corrected chi connectivity index (χ0v) is 17.5. The fraction of sp³-hybridized carbons (Fsp3) is 0.120. The molecule has 1 aromatic heterocycles. The predicted octanol–water partition coefficient (Wildman–Crippen LogP) is 2.73. The number of fused-ring (bicyclic) bond motifs is 1. The molecule has 3 N–H and O–H groups in total. The Labute approximate surface area is 184 Å². The zero-order chi connectivity index (χ0) is 22.7. The number of amides is 2. The number of ketones is 1. The van der Waals surface area contributed by atoms with Gasteiger partial charge in [-0.15, -0.1) is 0 Å². The van der Waals surface area contributed by atoms with Crippen molar-refractivity contribution in [3.05, 3.63) is 95.8 Å². The van der Waals surface area contributed by atoms with E-state index in [2.05, 4.69) is 10.4 Å². The maximum atomic E-state index is 13.2. The molecule has 0 fully saturated rings. The van der Waals surface area contributed by atoms with Gasteiger partial charge in [-0.05, 0) is 30.0 Å². The quantitative estimate of drug-likeness (QED) is 0.443. The number of primary amides is 1. The van der Waals surface area contributed by atoms with Crippen molar-refractivity contribution in [1.29, 1.82) is 0 Å². The minimum absolute atomic E-state index is 0.149. The Morgan fingerprint density at radius 2 is 1.66 bits per heavy atom. The van der Waals surface area contributed by atoms with Crippen LogP contribution in [0.4, 0.5) is 0 Å². The largest absolute Gasteiger partial charge is 0.363 e. The van der Waals surface area contributed by atoms with Crippen molar-refractivity contribution >= 4 is 28.4 Å². The Hall–Kier alpha value is -4.26. The molecule has 0 radical (unpaired) electrons. The molecule has 1 atom stereocenters. The number of rotatable bonds is 7. The minimum Gasteiger partial charge on any atom is -0.363 e. The summed E-state index contributed by atoms with van der Waals surface area (Å²) >= 11 is 0. The molecule has 0 saturated carbocycles. The molecule has 7 heteroatoms. The molecular weight excluding hydrogens is 404 g/mol. The summed E-state index contributed by atoms with van der Waals surface area (Å²) < 4.78 is 1.56. The Balaban J connectivity index is 1.70. The number of nitrogens with zero attached hydrogens (tertiary/aromatic N) is 2. The molecule has 0 aliphatic rings. The topological polar surface area (TPSA) is 107 Å². The summed E-state index contributed by atoms with van der Waals surface area (Å²) in [5.74, 6) is -2.46. The summed E-state index contributed by atoms with van der Waals surface area (Å²) in [4.78, 5) is 37.3. The molecule has 7 nitrogen and oxygen atoms in total. The maximum Gasteiger partial charge on any atom is 0.287 e. The van der Waals surface area contributed by atoms with Gasteiger partial charge in [0.1, 0.15) is 11.7 Å². The molecule has 4 rings (SSSR count). The van der Waals surface area contributed by atoms with Gasteiger partial charge in [-0.3, -0.25) is 14.4 Å². The lowest BCUT2D eigenvalue weighted by Gasteiger charge is -2.17. The van der Waals surface area contributed by atoms with E-state index in [-0.39, 0.29) is 12.1 Å². The first-order valence-electron chi connectivity index (χ1n) is 10.2. The molecule has 4 aromatic rings. The fourth-order valence-electron chi connectivity index (χ4n) is 3.70. The number of aromatic nitrogens is 2. The van der Waals surface area contributed by atoms with E-state index in [1.807, 2.05) is 72.8 Å². The number of nitrogens with one attached hydrogen (secondary N) is 1. The number of hydrogen-bond donors (Lipinski definition) is 2. The highest BCUT2D eigenvalue weighted by atomic mass is 16.2. The monoisotopic (exact) mass is 426 g/mol. The lowest BCUT2D eigenvalue weighted by atomic mass is 10.0. The molecule has 0 bridgehead atoms. The number of nitrogens with two attached hydrogens (primary N) is 1. The van der Waals surface area contributed by atoms with Gasteiger partial charge in [0.2, 0.25) is 5.78 Å². The summed E-state index contributed by atoms with van der Waals surface area (Å²) in [7, 11) is 0. The summed E-state index contributed by atoms with van der Waals surface area (Å²) in [6, 6.07) is 23.2. The normalized spacial score (nSPS) is 11.8. The second-order valence-corrected chi connectivity index (χ2v) is 7.53. The van der Waals surface area contributed by atoms with Crippen LogP contribution in [-0.2, 0) is 16.0 Å². The first-order chi connectivity index (χ1) is 15.4. The van der Waals surface area contributed by atoms with Crippen molar-refractivity contribution in [2.24, 2.45) is 5.73 Å². The van der Waals surface area contributed by atoms with Crippen molar-refractivity contribution in [2.45, 2.75) is 19.4 Å². The van der Waals surface area contributed by atoms with Crippen LogP contribution >= 0.6 is 0 Å². The lowest BCUT2D eigenvalue weighted by Crippen LogP contribution is -2.47. The lowest BCUT2D eigenvalue weighted by molar-refractivity contribution is -0.137. The van der Waals surface area contributed by atoms with Gasteiger partial charge in [0.05, 0.1) is 11.4 Å². The van der Waals surface area contributed by atoms with E-state index in [4.69, 9.17) is 5.73 Å². The van der Waals surface area contributed by atoms with Gasteiger partial charge in [0.25, 0.3) is 11.8 Å². The van der Waals surface area contributed by atoms with E-state index in [0.717, 1.165) is 22.0 Å². The van der Waals surface area contributed by atoms with Crippen LogP contribution in [0.15, 0.2) is 78.9 Å². The fourth-order valence-corrected chi connectivity index (χ4v) is 3.70. The van der Waals surface area contributed by atoms with E-state index < -0.39 is 23.6 Å². The van der Waals surface area contributed by atoms with E-state index in [9.17, 15) is 14.4 Å². The van der Waals surface area contributed by atoms with Crippen LogP contribution < -0.4 is 11.1 Å². The Morgan fingerprint density at radius 1 is 0.969 bits per heavy atom. The first-order valence-corrected chi connectivity index (χ1v) is 10.2. The summed E-state index contributed by atoms with van der Waals surface area (Å²) in [6.45, 7) is 1.79. The number of hydrogen-bond acceptors (Lipinski definition) is 4. The Kier molecular flexibility index (Phi) is 5.81. The average molecular weight is 426 g/mol. The van der Waals surface area contributed by atoms with Gasteiger partial charge in [-0.1, -0.05) is 66.7 Å². The van der Waals surface area contributed by atoms with Crippen LogP contribution in [0.1, 0.15) is 21.7 Å². The van der Waals surface area contributed by atoms with Crippen molar-refractivity contribution in [3.8, 4) is 5.69 Å². The van der Waals surface area contributed by atoms with E-state index in [1.165, 1.54) is 0 Å². The molecule has 0 aliphatic carbocycles. The molecular formula is C25H22N4O3. The maximum absolute atomic E-state index is 13.2. The molecule has 32 heavy (non-hydrogen) atoms. The van der Waals surface area contributed by atoms with Gasteiger partial charge in [0, 0.05) is 11.8 Å². The van der Waals surface area contributed by atoms with Crippen molar-refractivity contribution in [2.75, 3.05) is 0 Å². The van der Waals surface area contributed by atoms with Gasteiger partial charge < -0.3 is 11.1 Å². The van der Waals surface area contributed by atoms with Crippen LogP contribution in [0.5, 0.6) is 0 Å². The standard InChI is InChI=1S/C25H22N4O3/c1-16-14-22(29(28-16)21-13-7-11-18-10-5-6-12-19(18)21)25(32)27-20(23(30)24(26)31)15-17-8-3-2-4-9-17/h2-14,20H,15H2,1H3,(H2,26,31)(H,27,32)/t20-/m0/s1. The number of carbonyl (C=O) groups excluding carboxylic acids is 3. The van der Waals surface area contributed by atoms with Crippen LogP contribution in [0.2, 0.25) is 0 Å². The zero-order valence-electron chi connectivity index (χ0n) is 17.5. The third-order valence-electron chi connectivity index (χ3n) is 5.21. The number of Topliss-reactive ketones (excluding diaryl/α,β-unsaturated/α-hetero) is 1. The highest BCUT2D eigenvalue weighted by Crippen LogP contribution is 2.23. The molecule has 1 heterocycles. The van der Waals surface area contributed by atoms with Crippen molar-refractivity contribution in [1.82, 2.24) is 15.1 Å². The van der Waals surface area contributed by atoms with Gasteiger partial charge in [-0.25, -0.2) is 4.68 Å². The van der Waals surface area contributed by atoms with E-state index in [1.54, 1.807) is 17.7 Å². The smallest absolute Gasteiger partial charge is 0.287 e. The predicted molar refractivity (Wildman–Crippen MR) is 121 cm³/mol. The highest BCUT2D eigenvalue weighted by molar-refractivity contribution is 6.38. The summed E-state index contributed by atoms with van der Waals surface area (Å²) in [5, 5.41) is 9.13. The first kappa shape index (κ1) is 21.0. The van der Waals surface area contributed by atoms with Crippen LogP contribution in [0, 0.1) is 6.92 Å². The Bertz CT molecular complexity index is 1310.